The lowest BCUT2D eigenvalue weighted by atomic mass is 10.0. The number of amides is 1. The van der Waals surface area contributed by atoms with Crippen molar-refractivity contribution in [2.45, 2.75) is 56.6 Å². The van der Waals surface area contributed by atoms with Crippen molar-refractivity contribution in [3.63, 3.8) is 0 Å². The molecule has 0 aromatic rings. The Bertz CT molecular complexity index is 247. The van der Waals surface area contributed by atoms with Gasteiger partial charge < -0.3 is 10.1 Å². The second kappa shape index (κ2) is 5.37. The number of alkyl halides is 1. The first kappa shape index (κ1) is 12.2. The maximum Gasteiger partial charge on any atom is 0.220 e. The highest BCUT2D eigenvalue weighted by molar-refractivity contribution is 6.19. The molecule has 2 rings (SSSR count). The van der Waals surface area contributed by atoms with E-state index >= 15 is 0 Å². The fourth-order valence-corrected chi connectivity index (χ4v) is 2.46. The van der Waals surface area contributed by atoms with Crippen LogP contribution >= 0.6 is 11.6 Å². The smallest absolute Gasteiger partial charge is 0.220 e. The molecule has 0 aromatic heterocycles. The molecule has 2 fully saturated rings. The molecular formula is C12H20ClNO2. The van der Waals surface area contributed by atoms with Crippen molar-refractivity contribution < 1.29 is 9.53 Å². The molecule has 0 radical (unpaired) electrons. The Morgan fingerprint density at radius 1 is 1.44 bits per heavy atom. The molecule has 1 unspecified atom stereocenters. The van der Waals surface area contributed by atoms with Gasteiger partial charge in [0.15, 0.2) is 0 Å². The minimum Gasteiger partial charge on any atom is -0.378 e. The molecule has 1 N–H and O–H groups in total. The van der Waals surface area contributed by atoms with E-state index in [-0.39, 0.29) is 11.4 Å². The largest absolute Gasteiger partial charge is 0.378 e. The summed E-state index contributed by atoms with van der Waals surface area (Å²) in [5.74, 6) is 0.672. The van der Waals surface area contributed by atoms with Crippen LogP contribution in [0.3, 0.4) is 0 Å². The highest BCUT2D eigenvalue weighted by Gasteiger charge is 2.42. The molecule has 1 amide bonds. The summed E-state index contributed by atoms with van der Waals surface area (Å²) in [4.78, 5) is 11.7. The second-order valence-corrected chi connectivity index (χ2v) is 5.26. The molecule has 3 nitrogen and oxygen atoms in total. The van der Waals surface area contributed by atoms with E-state index in [4.69, 9.17) is 16.3 Å². The van der Waals surface area contributed by atoms with Crippen LogP contribution in [0.15, 0.2) is 0 Å². The number of nitrogens with one attached hydrogen (secondary N) is 1. The standard InChI is InChI=1S/C12H20ClNO2/c13-9-12(6-7-12)14-11(15)5-4-10-3-1-2-8-16-10/h10H,1-9H2,(H,14,15). The Morgan fingerprint density at radius 3 is 2.81 bits per heavy atom. The predicted octanol–water partition coefficient (Wildman–Crippen LogP) is 2.22. The third kappa shape index (κ3) is 3.36. The molecule has 0 aromatic carbocycles. The Morgan fingerprint density at radius 2 is 2.25 bits per heavy atom. The molecule has 2 aliphatic rings. The highest BCUT2D eigenvalue weighted by Crippen LogP contribution is 2.36. The quantitative estimate of drug-likeness (QED) is 0.755. The van der Waals surface area contributed by atoms with E-state index in [1.165, 1.54) is 6.42 Å². The summed E-state index contributed by atoms with van der Waals surface area (Å²) >= 11 is 5.81. The van der Waals surface area contributed by atoms with Crippen molar-refractivity contribution in [3.05, 3.63) is 0 Å². The van der Waals surface area contributed by atoms with Crippen molar-refractivity contribution in [1.29, 1.82) is 0 Å². The fourth-order valence-electron chi connectivity index (χ4n) is 2.13. The SMILES string of the molecule is O=C(CCC1CCCCO1)NC1(CCl)CC1. The molecule has 0 spiro atoms. The molecular weight excluding hydrogens is 226 g/mol. The van der Waals surface area contributed by atoms with Gasteiger partial charge in [-0.1, -0.05) is 0 Å². The Labute approximate surface area is 102 Å². The zero-order valence-electron chi connectivity index (χ0n) is 9.64. The Balaban J connectivity index is 1.63. The van der Waals surface area contributed by atoms with Crippen LogP contribution in [0.2, 0.25) is 0 Å². The first-order valence-electron chi connectivity index (χ1n) is 6.23. The molecule has 1 heterocycles. The molecule has 4 heteroatoms. The molecule has 1 aliphatic heterocycles. The van der Waals surface area contributed by atoms with E-state index in [0.717, 1.165) is 38.7 Å². The van der Waals surface area contributed by atoms with Crippen LogP contribution in [0.5, 0.6) is 0 Å². The Hall–Kier alpha value is -0.280. The van der Waals surface area contributed by atoms with Crippen LogP contribution in [0.1, 0.15) is 44.9 Å². The van der Waals surface area contributed by atoms with Crippen molar-refractivity contribution in [2.24, 2.45) is 0 Å². The van der Waals surface area contributed by atoms with Crippen LogP contribution < -0.4 is 5.32 Å². The van der Waals surface area contributed by atoms with E-state index in [2.05, 4.69) is 5.32 Å². The van der Waals surface area contributed by atoms with Crippen LogP contribution in [0.25, 0.3) is 0 Å². The molecule has 0 bridgehead atoms. The lowest BCUT2D eigenvalue weighted by Gasteiger charge is -2.22. The maximum atomic E-state index is 11.7. The van der Waals surface area contributed by atoms with Crippen molar-refractivity contribution in [2.75, 3.05) is 12.5 Å². The van der Waals surface area contributed by atoms with E-state index in [9.17, 15) is 4.79 Å². The third-order valence-electron chi connectivity index (χ3n) is 3.48. The van der Waals surface area contributed by atoms with Crippen LogP contribution in [-0.2, 0) is 9.53 Å². The van der Waals surface area contributed by atoms with E-state index < -0.39 is 0 Å². The summed E-state index contributed by atoms with van der Waals surface area (Å²) in [6.07, 6.45) is 7.28. The number of carbonyl (C=O) groups is 1. The summed E-state index contributed by atoms with van der Waals surface area (Å²) in [6.45, 7) is 0.859. The predicted molar refractivity (Wildman–Crippen MR) is 63.7 cm³/mol. The van der Waals surface area contributed by atoms with Gasteiger partial charge in [0.1, 0.15) is 0 Å². The lowest BCUT2D eigenvalue weighted by molar-refractivity contribution is -0.122. The molecule has 1 saturated heterocycles. The van der Waals surface area contributed by atoms with Crippen molar-refractivity contribution in [3.8, 4) is 0 Å². The molecule has 16 heavy (non-hydrogen) atoms. The lowest BCUT2D eigenvalue weighted by Crippen LogP contribution is -2.38. The third-order valence-corrected chi connectivity index (χ3v) is 3.99. The van der Waals surface area contributed by atoms with E-state index in [0.29, 0.717) is 18.4 Å². The van der Waals surface area contributed by atoms with Crippen LogP contribution in [0, 0.1) is 0 Å². The molecule has 92 valence electrons. The first-order chi connectivity index (χ1) is 7.74. The topological polar surface area (TPSA) is 38.3 Å². The summed E-state index contributed by atoms with van der Waals surface area (Å²) in [5, 5.41) is 3.03. The fraction of sp³-hybridized carbons (Fsp3) is 0.917. The van der Waals surface area contributed by atoms with Gasteiger partial charge in [-0.25, -0.2) is 0 Å². The van der Waals surface area contributed by atoms with Gasteiger partial charge in [-0.2, -0.15) is 0 Å². The molecule has 1 saturated carbocycles. The number of hydrogen-bond donors (Lipinski definition) is 1. The zero-order chi connectivity index (χ0) is 11.4. The van der Waals surface area contributed by atoms with Gasteiger partial charge in [-0.05, 0) is 38.5 Å². The average Bonchev–Trinajstić information content (AvgIpc) is 3.08. The van der Waals surface area contributed by atoms with E-state index in [1.54, 1.807) is 0 Å². The monoisotopic (exact) mass is 245 g/mol. The minimum absolute atomic E-state index is 0.0634. The van der Waals surface area contributed by atoms with Gasteiger partial charge >= 0.3 is 0 Å². The number of rotatable bonds is 5. The normalized spacial score (nSPS) is 27.4. The van der Waals surface area contributed by atoms with Gasteiger partial charge in [0, 0.05) is 18.9 Å². The number of ether oxygens (including phenoxy) is 1. The molecule has 1 atom stereocenters. The maximum absolute atomic E-state index is 11.7. The van der Waals surface area contributed by atoms with Gasteiger partial charge in [-0.3, -0.25) is 4.79 Å². The summed E-state index contributed by atoms with van der Waals surface area (Å²) in [5.41, 5.74) is -0.0634. The van der Waals surface area contributed by atoms with Crippen molar-refractivity contribution >= 4 is 17.5 Å². The van der Waals surface area contributed by atoms with Crippen LogP contribution in [-0.4, -0.2) is 30.0 Å². The highest BCUT2D eigenvalue weighted by atomic mass is 35.5. The molecule has 1 aliphatic carbocycles. The Kier molecular flexibility index (Phi) is 4.09. The number of hydrogen-bond acceptors (Lipinski definition) is 2. The van der Waals surface area contributed by atoms with Gasteiger partial charge in [0.05, 0.1) is 11.6 Å². The summed E-state index contributed by atoms with van der Waals surface area (Å²) < 4.78 is 5.59. The van der Waals surface area contributed by atoms with Crippen molar-refractivity contribution in [1.82, 2.24) is 5.32 Å². The minimum atomic E-state index is -0.0634. The van der Waals surface area contributed by atoms with E-state index in [1.807, 2.05) is 0 Å². The number of halogens is 1. The first-order valence-corrected chi connectivity index (χ1v) is 6.76. The van der Waals surface area contributed by atoms with Gasteiger partial charge in [0.25, 0.3) is 0 Å². The van der Waals surface area contributed by atoms with Gasteiger partial charge in [-0.15, -0.1) is 11.6 Å². The zero-order valence-corrected chi connectivity index (χ0v) is 10.4. The summed E-state index contributed by atoms with van der Waals surface area (Å²) in [7, 11) is 0. The van der Waals surface area contributed by atoms with Crippen LogP contribution in [0.4, 0.5) is 0 Å². The second-order valence-electron chi connectivity index (χ2n) is 4.99. The average molecular weight is 246 g/mol. The number of carbonyl (C=O) groups excluding carboxylic acids is 1. The summed E-state index contributed by atoms with van der Waals surface area (Å²) in [6, 6.07) is 0. The van der Waals surface area contributed by atoms with Gasteiger partial charge in [0.2, 0.25) is 5.91 Å².